The Morgan fingerprint density at radius 1 is 1.41 bits per heavy atom. The van der Waals surface area contributed by atoms with Crippen molar-refractivity contribution in [1.82, 2.24) is 14.8 Å². The fourth-order valence-electron chi connectivity index (χ4n) is 3.78. The van der Waals surface area contributed by atoms with Gasteiger partial charge in [0.25, 0.3) is 0 Å². The highest BCUT2D eigenvalue weighted by molar-refractivity contribution is 5.68. The highest BCUT2D eigenvalue weighted by Gasteiger charge is 2.44. The number of carbonyl (C=O) groups is 1. The summed E-state index contributed by atoms with van der Waals surface area (Å²) in [6.07, 6.45) is 3.82. The molecule has 1 spiro atoms. The zero-order valence-electron chi connectivity index (χ0n) is 14.1. The maximum atomic E-state index is 12.4. The van der Waals surface area contributed by atoms with Gasteiger partial charge in [0.2, 0.25) is 0 Å². The molecule has 22 heavy (non-hydrogen) atoms. The molecule has 0 saturated carbocycles. The molecule has 1 fully saturated rings. The minimum atomic E-state index is -0.441. The van der Waals surface area contributed by atoms with Crippen LogP contribution in [0.25, 0.3) is 0 Å². The van der Waals surface area contributed by atoms with E-state index in [9.17, 15) is 4.79 Å². The van der Waals surface area contributed by atoms with Crippen LogP contribution in [0.1, 0.15) is 46.2 Å². The first-order valence-corrected chi connectivity index (χ1v) is 8.21. The van der Waals surface area contributed by atoms with Gasteiger partial charge < -0.3 is 19.5 Å². The van der Waals surface area contributed by atoms with Crippen molar-refractivity contribution in [1.29, 1.82) is 0 Å². The summed E-state index contributed by atoms with van der Waals surface area (Å²) in [6.45, 7) is 10.6. The van der Waals surface area contributed by atoms with Crippen molar-refractivity contribution in [3.63, 3.8) is 0 Å². The van der Waals surface area contributed by atoms with Crippen LogP contribution in [0.2, 0.25) is 0 Å². The SMILES string of the molecule is CC1CC2(CCN1C(=O)OC(C)(C)C)NCCn1cccc12. The number of hydrogen-bond donors (Lipinski definition) is 1. The molecule has 3 heterocycles. The van der Waals surface area contributed by atoms with Crippen molar-refractivity contribution in [3.8, 4) is 0 Å². The summed E-state index contributed by atoms with van der Waals surface area (Å²) in [4.78, 5) is 14.2. The van der Waals surface area contributed by atoms with E-state index in [-0.39, 0.29) is 17.7 Å². The predicted molar refractivity (Wildman–Crippen MR) is 85.7 cm³/mol. The summed E-state index contributed by atoms with van der Waals surface area (Å²) >= 11 is 0. The van der Waals surface area contributed by atoms with E-state index < -0.39 is 5.60 Å². The third-order valence-corrected chi connectivity index (χ3v) is 4.72. The molecule has 5 nitrogen and oxygen atoms in total. The number of amides is 1. The molecule has 122 valence electrons. The molecule has 5 heteroatoms. The maximum absolute atomic E-state index is 12.4. The Hall–Kier alpha value is -1.49. The van der Waals surface area contributed by atoms with Crippen molar-refractivity contribution < 1.29 is 9.53 Å². The lowest BCUT2D eigenvalue weighted by molar-refractivity contribution is -0.00103. The average molecular weight is 305 g/mol. The quantitative estimate of drug-likeness (QED) is 0.801. The van der Waals surface area contributed by atoms with E-state index in [1.54, 1.807) is 0 Å². The highest BCUT2D eigenvalue weighted by atomic mass is 16.6. The van der Waals surface area contributed by atoms with Crippen LogP contribution >= 0.6 is 0 Å². The van der Waals surface area contributed by atoms with Crippen molar-refractivity contribution >= 4 is 6.09 Å². The van der Waals surface area contributed by atoms with Crippen molar-refractivity contribution in [2.75, 3.05) is 13.1 Å². The van der Waals surface area contributed by atoms with Gasteiger partial charge in [0.1, 0.15) is 5.60 Å². The Labute approximate surface area is 132 Å². The molecule has 1 saturated heterocycles. The van der Waals surface area contributed by atoms with E-state index >= 15 is 0 Å². The summed E-state index contributed by atoms with van der Waals surface area (Å²) in [7, 11) is 0. The molecule has 1 N–H and O–H groups in total. The predicted octanol–water partition coefficient (Wildman–Crippen LogP) is 2.71. The summed E-state index contributed by atoms with van der Waals surface area (Å²) in [5, 5.41) is 3.72. The van der Waals surface area contributed by atoms with E-state index in [2.05, 4.69) is 35.1 Å². The Morgan fingerprint density at radius 3 is 2.86 bits per heavy atom. The maximum Gasteiger partial charge on any atom is 0.410 e. The Morgan fingerprint density at radius 2 is 2.18 bits per heavy atom. The van der Waals surface area contributed by atoms with Crippen LogP contribution in [-0.4, -0.2) is 40.3 Å². The molecule has 1 aromatic heterocycles. The van der Waals surface area contributed by atoms with Crippen LogP contribution < -0.4 is 5.32 Å². The fraction of sp³-hybridized carbons (Fsp3) is 0.706. The van der Waals surface area contributed by atoms with Crippen LogP contribution in [0.5, 0.6) is 0 Å². The van der Waals surface area contributed by atoms with Gasteiger partial charge in [-0.1, -0.05) is 0 Å². The average Bonchev–Trinajstić information content (AvgIpc) is 2.86. The minimum absolute atomic E-state index is 0.000318. The second kappa shape index (κ2) is 5.30. The first kappa shape index (κ1) is 15.4. The number of nitrogens with zero attached hydrogens (tertiary/aromatic N) is 2. The molecule has 1 aromatic rings. The number of fused-ring (bicyclic) bond motifs is 2. The van der Waals surface area contributed by atoms with Crippen LogP contribution in [0.15, 0.2) is 18.3 Å². The third-order valence-electron chi connectivity index (χ3n) is 4.72. The van der Waals surface area contributed by atoms with Gasteiger partial charge in [0.15, 0.2) is 0 Å². The number of ether oxygens (including phenoxy) is 1. The molecule has 0 radical (unpaired) electrons. The second-order valence-corrected chi connectivity index (χ2v) is 7.57. The fourth-order valence-corrected chi connectivity index (χ4v) is 3.78. The molecule has 2 atom stereocenters. The lowest BCUT2D eigenvalue weighted by atomic mass is 9.80. The standard InChI is InChI=1S/C17H27N3O2/c1-13-12-17(14-6-5-9-19(14)11-8-18-17)7-10-20(13)15(21)22-16(2,3)4/h5-6,9,13,18H,7-8,10-12H2,1-4H3. The van der Waals surface area contributed by atoms with Gasteiger partial charge in [0.05, 0.1) is 5.54 Å². The Balaban J connectivity index is 1.75. The van der Waals surface area contributed by atoms with Crippen molar-refractivity contribution in [2.45, 2.75) is 64.3 Å². The zero-order valence-corrected chi connectivity index (χ0v) is 14.1. The Bertz CT molecular complexity index is 560. The first-order valence-electron chi connectivity index (χ1n) is 8.21. The van der Waals surface area contributed by atoms with Gasteiger partial charge in [-0.05, 0) is 52.7 Å². The summed E-state index contributed by atoms with van der Waals surface area (Å²) < 4.78 is 7.88. The zero-order chi connectivity index (χ0) is 16.0. The first-order chi connectivity index (χ1) is 10.3. The van der Waals surface area contributed by atoms with E-state index in [1.165, 1.54) is 5.69 Å². The summed E-state index contributed by atoms with van der Waals surface area (Å²) in [5.74, 6) is 0. The van der Waals surface area contributed by atoms with Gasteiger partial charge in [-0.25, -0.2) is 4.79 Å². The van der Waals surface area contributed by atoms with E-state index in [0.29, 0.717) is 0 Å². The second-order valence-electron chi connectivity index (χ2n) is 7.57. The topological polar surface area (TPSA) is 46.5 Å². The van der Waals surface area contributed by atoms with Gasteiger partial charge in [-0.15, -0.1) is 0 Å². The van der Waals surface area contributed by atoms with Crippen molar-refractivity contribution in [3.05, 3.63) is 24.0 Å². The molecule has 2 unspecified atom stereocenters. The molecule has 1 amide bonds. The Kier molecular flexibility index (Phi) is 3.71. The van der Waals surface area contributed by atoms with Crippen LogP contribution in [-0.2, 0) is 16.8 Å². The van der Waals surface area contributed by atoms with E-state index in [0.717, 1.165) is 32.5 Å². The van der Waals surface area contributed by atoms with Gasteiger partial charge in [-0.3, -0.25) is 0 Å². The van der Waals surface area contributed by atoms with Crippen LogP contribution in [0.4, 0.5) is 4.79 Å². The number of hydrogen-bond acceptors (Lipinski definition) is 3. The van der Waals surface area contributed by atoms with Gasteiger partial charge in [0, 0.05) is 37.6 Å². The van der Waals surface area contributed by atoms with E-state index in [1.807, 2.05) is 25.7 Å². The smallest absolute Gasteiger partial charge is 0.410 e. The van der Waals surface area contributed by atoms with Crippen molar-refractivity contribution in [2.24, 2.45) is 0 Å². The monoisotopic (exact) mass is 305 g/mol. The molecule has 2 aliphatic rings. The molecule has 0 aromatic carbocycles. The minimum Gasteiger partial charge on any atom is -0.444 e. The lowest BCUT2D eigenvalue weighted by Crippen LogP contribution is -2.59. The molecule has 3 rings (SSSR count). The molecular weight excluding hydrogens is 278 g/mol. The van der Waals surface area contributed by atoms with E-state index in [4.69, 9.17) is 4.74 Å². The number of carbonyl (C=O) groups excluding carboxylic acids is 1. The normalized spacial score (nSPS) is 28.5. The number of likely N-dealkylation sites (tertiary alicyclic amines) is 1. The third kappa shape index (κ3) is 2.74. The lowest BCUT2D eigenvalue weighted by Gasteiger charge is -2.48. The molecular formula is C17H27N3O2. The number of aromatic nitrogens is 1. The highest BCUT2D eigenvalue weighted by Crippen LogP contribution is 2.38. The summed E-state index contributed by atoms with van der Waals surface area (Å²) in [6, 6.07) is 4.49. The number of rotatable bonds is 0. The van der Waals surface area contributed by atoms with Gasteiger partial charge >= 0.3 is 6.09 Å². The largest absolute Gasteiger partial charge is 0.444 e. The number of piperidine rings is 1. The number of nitrogens with one attached hydrogen (secondary N) is 1. The summed E-state index contributed by atoms with van der Waals surface area (Å²) in [5.41, 5.74) is 0.915. The van der Waals surface area contributed by atoms with Crippen LogP contribution in [0.3, 0.4) is 0 Å². The molecule has 2 aliphatic heterocycles. The van der Waals surface area contributed by atoms with Gasteiger partial charge in [-0.2, -0.15) is 0 Å². The van der Waals surface area contributed by atoms with Crippen LogP contribution in [0, 0.1) is 0 Å². The molecule has 0 bridgehead atoms. The molecule has 0 aliphatic carbocycles.